The zero-order valence-corrected chi connectivity index (χ0v) is 20.0. The van der Waals surface area contributed by atoms with E-state index in [1.54, 1.807) is 24.3 Å². The Labute approximate surface area is 196 Å². The van der Waals surface area contributed by atoms with Gasteiger partial charge in [-0.25, -0.2) is 22.0 Å². The highest BCUT2D eigenvalue weighted by molar-refractivity contribution is 7.89. The van der Waals surface area contributed by atoms with Gasteiger partial charge in [0.2, 0.25) is 26.0 Å². The van der Waals surface area contributed by atoms with Crippen LogP contribution in [-0.4, -0.2) is 55.4 Å². The fourth-order valence-electron chi connectivity index (χ4n) is 3.82. The number of rotatable bonds is 7. The molecule has 2 aromatic carbocycles. The van der Waals surface area contributed by atoms with E-state index in [0.29, 0.717) is 43.4 Å². The van der Waals surface area contributed by atoms with Crippen molar-refractivity contribution in [3.8, 4) is 0 Å². The molecule has 1 amide bonds. The van der Waals surface area contributed by atoms with Gasteiger partial charge in [0.15, 0.2) is 0 Å². The van der Waals surface area contributed by atoms with E-state index in [2.05, 4.69) is 14.1 Å². The average Bonchev–Trinajstić information content (AvgIpc) is 3.28. The van der Waals surface area contributed by atoms with Crippen LogP contribution in [0, 0.1) is 5.92 Å². The van der Waals surface area contributed by atoms with Gasteiger partial charge in [0.05, 0.1) is 22.5 Å². The second-order valence-corrected chi connectivity index (χ2v) is 11.8. The third kappa shape index (κ3) is 5.22. The highest BCUT2D eigenvalue weighted by Gasteiger charge is 2.34. The van der Waals surface area contributed by atoms with E-state index in [0.717, 1.165) is 17.3 Å². The molecule has 4 rings (SSSR count). The summed E-state index contributed by atoms with van der Waals surface area (Å²) in [6.07, 6.45) is 1.69. The number of hydrogen-bond donors (Lipinski definition) is 2. The minimum atomic E-state index is -3.81. The first kappa shape index (κ1) is 23.7. The number of nitrogens with two attached hydrogens (primary N) is 1. The van der Waals surface area contributed by atoms with Gasteiger partial charge in [0.1, 0.15) is 15.9 Å². The van der Waals surface area contributed by atoms with Crippen molar-refractivity contribution < 1.29 is 21.6 Å². The maximum absolute atomic E-state index is 13.2. The first-order valence-electron chi connectivity index (χ1n) is 10.3. The number of piperidine rings is 1. The highest BCUT2D eigenvalue weighted by atomic mass is 32.2. The molecule has 1 atom stereocenters. The van der Waals surface area contributed by atoms with E-state index < -0.39 is 26.0 Å². The first-order chi connectivity index (χ1) is 15.7. The predicted molar refractivity (Wildman–Crippen MR) is 123 cm³/mol. The zero-order valence-electron chi connectivity index (χ0n) is 17.5. The van der Waals surface area contributed by atoms with E-state index in [1.165, 1.54) is 22.5 Å². The molecule has 33 heavy (non-hydrogen) atoms. The molecule has 1 unspecified atom stereocenters. The van der Waals surface area contributed by atoms with Gasteiger partial charge in [-0.15, -0.1) is 0 Å². The molecule has 13 heteroatoms. The van der Waals surface area contributed by atoms with Crippen LogP contribution in [-0.2, 0) is 31.3 Å². The molecular formula is C20H23N5O5S3. The Bertz CT molecular complexity index is 1370. The topological polar surface area (TPSA) is 152 Å². The Kier molecular flexibility index (Phi) is 6.77. The lowest BCUT2D eigenvalue weighted by Crippen LogP contribution is -2.45. The van der Waals surface area contributed by atoms with Crippen molar-refractivity contribution in [1.82, 2.24) is 18.4 Å². The summed E-state index contributed by atoms with van der Waals surface area (Å²) in [7, 11) is -7.55. The summed E-state index contributed by atoms with van der Waals surface area (Å²) in [5.41, 5.74) is 1.73. The molecule has 2 heterocycles. The van der Waals surface area contributed by atoms with Crippen LogP contribution >= 0.6 is 11.7 Å². The Morgan fingerprint density at radius 1 is 1.12 bits per heavy atom. The quantitative estimate of drug-likeness (QED) is 0.484. The number of nitrogens with zero attached hydrogens (tertiary/aromatic N) is 3. The second kappa shape index (κ2) is 9.43. The number of amides is 1. The Morgan fingerprint density at radius 2 is 1.88 bits per heavy atom. The summed E-state index contributed by atoms with van der Waals surface area (Å²) in [5.74, 6) is -0.657. The SMILES string of the molecule is NS(=O)(=O)c1ccc(CCNC(=O)C2CCCN(S(=O)(=O)c3cccc4nsnc34)C2)cc1. The highest BCUT2D eigenvalue weighted by Crippen LogP contribution is 2.28. The predicted octanol–water partition coefficient (Wildman–Crippen LogP) is 1.10. The van der Waals surface area contributed by atoms with Crippen LogP contribution < -0.4 is 10.5 Å². The summed E-state index contributed by atoms with van der Waals surface area (Å²) in [6.45, 7) is 0.794. The molecule has 1 aromatic heterocycles. The minimum absolute atomic E-state index is 0.0305. The van der Waals surface area contributed by atoms with E-state index in [1.807, 2.05) is 0 Å². The van der Waals surface area contributed by atoms with Crippen LogP contribution in [0.5, 0.6) is 0 Å². The van der Waals surface area contributed by atoms with Crippen LogP contribution in [0.15, 0.2) is 52.3 Å². The van der Waals surface area contributed by atoms with Crippen molar-refractivity contribution in [2.24, 2.45) is 11.1 Å². The molecule has 0 aliphatic carbocycles. The van der Waals surface area contributed by atoms with E-state index in [4.69, 9.17) is 5.14 Å². The number of primary sulfonamides is 1. The number of carbonyl (C=O) groups is 1. The molecule has 176 valence electrons. The largest absolute Gasteiger partial charge is 0.355 e. The molecule has 3 aromatic rings. The van der Waals surface area contributed by atoms with E-state index in [-0.39, 0.29) is 22.2 Å². The van der Waals surface area contributed by atoms with Crippen LogP contribution in [0.25, 0.3) is 11.0 Å². The lowest BCUT2D eigenvalue weighted by Gasteiger charge is -2.31. The number of hydrogen-bond acceptors (Lipinski definition) is 8. The molecule has 0 saturated carbocycles. The van der Waals surface area contributed by atoms with Crippen molar-refractivity contribution in [2.45, 2.75) is 29.1 Å². The summed E-state index contributed by atoms with van der Waals surface area (Å²) >= 11 is 0.961. The summed E-state index contributed by atoms with van der Waals surface area (Å²) in [5, 5.41) is 7.95. The summed E-state index contributed by atoms with van der Waals surface area (Å²) < 4.78 is 58.7. The van der Waals surface area contributed by atoms with Gasteiger partial charge in [-0.1, -0.05) is 18.2 Å². The number of aromatic nitrogens is 2. The molecule has 0 bridgehead atoms. The number of benzene rings is 2. The molecule has 3 N–H and O–H groups in total. The standard InChI is InChI=1S/C20H23N5O5S3/c21-32(27,28)16-8-6-14(7-9-16)10-11-22-20(26)15-3-2-12-25(13-15)33(29,30)18-5-1-4-17-19(18)24-31-23-17/h1,4-9,15H,2-3,10-13H2,(H,22,26)(H2,21,27,28). The lowest BCUT2D eigenvalue weighted by molar-refractivity contribution is -0.126. The van der Waals surface area contributed by atoms with E-state index >= 15 is 0 Å². The van der Waals surface area contributed by atoms with E-state index in [9.17, 15) is 21.6 Å². The molecule has 1 saturated heterocycles. The molecule has 1 aliphatic heterocycles. The maximum atomic E-state index is 13.2. The summed E-state index contributed by atoms with van der Waals surface area (Å²) in [4.78, 5) is 12.8. The monoisotopic (exact) mass is 509 g/mol. The van der Waals surface area contributed by atoms with Crippen molar-refractivity contribution in [3.05, 3.63) is 48.0 Å². The minimum Gasteiger partial charge on any atom is -0.355 e. The second-order valence-electron chi connectivity index (χ2n) is 7.82. The Balaban J connectivity index is 1.37. The van der Waals surface area contributed by atoms with Crippen LogP contribution in [0.2, 0.25) is 0 Å². The molecule has 0 radical (unpaired) electrons. The molecule has 1 aliphatic rings. The number of carbonyl (C=O) groups excluding carboxylic acids is 1. The van der Waals surface area contributed by atoms with Crippen molar-refractivity contribution in [1.29, 1.82) is 0 Å². The zero-order chi connectivity index (χ0) is 23.6. The van der Waals surface area contributed by atoms with Crippen LogP contribution in [0.1, 0.15) is 18.4 Å². The third-order valence-corrected chi connectivity index (χ3v) is 8.96. The average molecular weight is 510 g/mol. The van der Waals surface area contributed by atoms with Crippen LogP contribution in [0.4, 0.5) is 0 Å². The van der Waals surface area contributed by atoms with Gasteiger partial charge in [-0.05, 0) is 49.1 Å². The first-order valence-corrected chi connectivity index (χ1v) is 14.0. The summed E-state index contributed by atoms with van der Waals surface area (Å²) in [6, 6.07) is 11.0. The normalized spacial score (nSPS) is 17.8. The van der Waals surface area contributed by atoms with Gasteiger partial charge < -0.3 is 5.32 Å². The smallest absolute Gasteiger partial charge is 0.245 e. The number of fused-ring (bicyclic) bond motifs is 1. The fourth-order valence-corrected chi connectivity index (χ4v) is 6.62. The Hall–Kier alpha value is -2.45. The number of nitrogens with one attached hydrogen (secondary N) is 1. The van der Waals surface area contributed by atoms with Crippen LogP contribution in [0.3, 0.4) is 0 Å². The molecule has 0 spiro atoms. The molecule has 10 nitrogen and oxygen atoms in total. The number of sulfonamides is 2. The van der Waals surface area contributed by atoms with Gasteiger partial charge in [0.25, 0.3) is 0 Å². The maximum Gasteiger partial charge on any atom is 0.245 e. The van der Waals surface area contributed by atoms with Gasteiger partial charge in [-0.2, -0.15) is 13.1 Å². The third-order valence-electron chi connectivity index (χ3n) is 5.59. The van der Waals surface area contributed by atoms with Crippen molar-refractivity contribution in [2.75, 3.05) is 19.6 Å². The van der Waals surface area contributed by atoms with Gasteiger partial charge in [0, 0.05) is 19.6 Å². The Morgan fingerprint density at radius 3 is 2.61 bits per heavy atom. The molecular weight excluding hydrogens is 486 g/mol. The molecule has 1 fully saturated rings. The van der Waals surface area contributed by atoms with Gasteiger partial charge in [-0.3, -0.25) is 4.79 Å². The van der Waals surface area contributed by atoms with Crippen molar-refractivity contribution >= 4 is 48.7 Å². The fraction of sp³-hybridized carbons (Fsp3) is 0.350. The van der Waals surface area contributed by atoms with Gasteiger partial charge >= 0.3 is 0 Å². The van der Waals surface area contributed by atoms with Crippen molar-refractivity contribution in [3.63, 3.8) is 0 Å². The lowest BCUT2D eigenvalue weighted by atomic mass is 9.99.